The van der Waals surface area contributed by atoms with Gasteiger partial charge < -0.3 is 9.90 Å². The van der Waals surface area contributed by atoms with Crippen LogP contribution in [0, 0.1) is 5.92 Å². The van der Waals surface area contributed by atoms with Gasteiger partial charge in [-0.1, -0.05) is 52.9 Å². The maximum Gasteiger partial charge on any atom is 0.256 e. The molecule has 1 atom stereocenters. The molecular weight excluding hydrogens is 276 g/mol. The molecule has 0 N–H and O–H groups in total. The molecule has 0 aliphatic heterocycles. The number of carboxylic acid groups (broad SMARTS) is 1. The first-order chi connectivity index (χ1) is 10.6. The van der Waals surface area contributed by atoms with Gasteiger partial charge in [0.1, 0.15) is 12.4 Å². The minimum Gasteiger partial charge on any atom is -0.550 e. The lowest BCUT2D eigenvalue weighted by molar-refractivity contribution is -0.708. The van der Waals surface area contributed by atoms with E-state index in [-0.39, 0.29) is 0 Å². The molecule has 126 valence electrons. The third-order valence-corrected chi connectivity index (χ3v) is 4.22. The maximum atomic E-state index is 11.0. The highest BCUT2D eigenvalue weighted by Crippen LogP contribution is 2.09. The number of nitrogens with zero attached hydrogens (tertiary/aromatic N) is 2. The normalized spacial score (nSPS) is 12.5. The summed E-state index contributed by atoms with van der Waals surface area (Å²) in [4.78, 5) is 11.0. The average Bonchev–Trinajstić information content (AvgIpc) is 2.87. The number of unbranched alkanes of at least 4 members (excludes halogenated alkanes) is 5. The Morgan fingerprint density at radius 1 is 1.18 bits per heavy atom. The Hall–Kier alpha value is -1.32. The van der Waals surface area contributed by atoms with Crippen molar-refractivity contribution < 1.29 is 14.5 Å². The predicted octanol–water partition coefficient (Wildman–Crippen LogP) is 2.47. The molecule has 1 rings (SSSR count). The van der Waals surface area contributed by atoms with Crippen LogP contribution < -0.4 is 9.67 Å². The maximum absolute atomic E-state index is 11.0. The second-order valence-corrected chi connectivity index (χ2v) is 6.30. The number of aryl methyl sites for hydroxylation is 1. The van der Waals surface area contributed by atoms with Gasteiger partial charge in [-0.2, -0.15) is 0 Å². The lowest BCUT2D eigenvalue weighted by Crippen LogP contribution is -2.45. The van der Waals surface area contributed by atoms with Crippen molar-refractivity contribution in [2.45, 2.75) is 85.2 Å². The van der Waals surface area contributed by atoms with Crippen LogP contribution in [-0.2, 0) is 24.3 Å². The van der Waals surface area contributed by atoms with Crippen molar-refractivity contribution >= 4 is 5.97 Å². The zero-order valence-electron chi connectivity index (χ0n) is 14.5. The fourth-order valence-electron chi connectivity index (χ4n) is 2.74. The predicted molar refractivity (Wildman–Crippen MR) is 86.2 cm³/mol. The van der Waals surface area contributed by atoms with Gasteiger partial charge in [-0.05, 0) is 12.8 Å². The Morgan fingerprint density at radius 2 is 1.86 bits per heavy atom. The molecule has 1 unspecified atom stereocenters. The Kier molecular flexibility index (Phi) is 8.86. The summed E-state index contributed by atoms with van der Waals surface area (Å²) in [5.41, 5.74) is 0. The Labute approximate surface area is 135 Å². The summed E-state index contributed by atoms with van der Waals surface area (Å²) < 4.78 is 4.40. The van der Waals surface area contributed by atoms with Gasteiger partial charge in [0.05, 0.1) is 13.1 Å². The van der Waals surface area contributed by atoms with E-state index < -0.39 is 11.9 Å². The van der Waals surface area contributed by atoms with E-state index in [2.05, 4.69) is 29.2 Å². The molecule has 0 saturated carbocycles. The topological polar surface area (TPSA) is 48.9 Å². The molecule has 0 bridgehead atoms. The summed E-state index contributed by atoms with van der Waals surface area (Å²) in [6.45, 7) is 7.67. The van der Waals surface area contributed by atoms with E-state index >= 15 is 0 Å². The van der Waals surface area contributed by atoms with Crippen LogP contribution in [0.4, 0.5) is 0 Å². The third kappa shape index (κ3) is 6.20. The molecule has 0 fully saturated rings. The van der Waals surface area contributed by atoms with E-state index in [1.807, 2.05) is 6.20 Å². The third-order valence-electron chi connectivity index (χ3n) is 4.22. The highest BCUT2D eigenvalue weighted by Gasteiger charge is 2.18. The van der Waals surface area contributed by atoms with Crippen LogP contribution >= 0.6 is 0 Å². The second kappa shape index (κ2) is 10.4. The van der Waals surface area contributed by atoms with E-state index in [1.54, 1.807) is 6.92 Å². The highest BCUT2D eigenvalue weighted by atomic mass is 16.4. The lowest BCUT2D eigenvalue weighted by Gasteiger charge is -2.12. The molecule has 0 spiro atoms. The van der Waals surface area contributed by atoms with Gasteiger partial charge in [-0.25, -0.2) is 9.13 Å². The summed E-state index contributed by atoms with van der Waals surface area (Å²) in [7, 11) is 0. The van der Waals surface area contributed by atoms with Crippen LogP contribution in [0.5, 0.6) is 0 Å². The van der Waals surface area contributed by atoms with Crippen LogP contribution in [-0.4, -0.2) is 10.5 Å². The fraction of sp³-hybridized carbons (Fsp3) is 0.778. The van der Waals surface area contributed by atoms with Gasteiger partial charge in [-0.3, -0.25) is 0 Å². The van der Waals surface area contributed by atoms with Crippen LogP contribution in [0.2, 0.25) is 0 Å². The standard InChI is InChI=1S/C18H32N2O2/c1-4-6-8-9-10-11-17-19(12-7-5-2)13-14-20(17)15-16(3)18(21)22/h13-14,16H,4-12,15H2,1-3H3. The quantitative estimate of drug-likeness (QED) is 0.440. The van der Waals surface area contributed by atoms with Crippen molar-refractivity contribution in [2.24, 2.45) is 5.92 Å². The van der Waals surface area contributed by atoms with Crippen LogP contribution in [0.1, 0.15) is 71.5 Å². The smallest absolute Gasteiger partial charge is 0.256 e. The zero-order chi connectivity index (χ0) is 16.4. The van der Waals surface area contributed by atoms with E-state index in [1.165, 1.54) is 44.3 Å². The van der Waals surface area contributed by atoms with Gasteiger partial charge in [-0.15, -0.1) is 0 Å². The van der Waals surface area contributed by atoms with Crippen molar-refractivity contribution in [3.8, 4) is 0 Å². The fourth-order valence-corrected chi connectivity index (χ4v) is 2.74. The van der Waals surface area contributed by atoms with Crippen LogP contribution in [0.25, 0.3) is 0 Å². The molecule has 0 saturated heterocycles. The van der Waals surface area contributed by atoms with Crippen LogP contribution in [0.15, 0.2) is 12.4 Å². The number of rotatable bonds is 12. The summed E-state index contributed by atoms with van der Waals surface area (Å²) in [6.07, 6.45) is 13.8. The summed E-state index contributed by atoms with van der Waals surface area (Å²) >= 11 is 0. The summed E-state index contributed by atoms with van der Waals surface area (Å²) in [5.74, 6) is -0.161. The van der Waals surface area contributed by atoms with Gasteiger partial charge in [0.2, 0.25) is 0 Å². The molecule has 4 heteroatoms. The summed E-state index contributed by atoms with van der Waals surface area (Å²) in [5, 5.41) is 11.0. The molecule has 0 amide bonds. The van der Waals surface area contributed by atoms with Crippen molar-refractivity contribution in [3.63, 3.8) is 0 Å². The molecule has 1 aromatic rings. The van der Waals surface area contributed by atoms with Crippen molar-refractivity contribution in [1.29, 1.82) is 0 Å². The van der Waals surface area contributed by atoms with Gasteiger partial charge in [0, 0.05) is 18.3 Å². The number of carbonyl (C=O) groups is 1. The zero-order valence-corrected chi connectivity index (χ0v) is 14.5. The largest absolute Gasteiger partial charge is 0.550 e. The molecular formula is C18H32N2O2. The van der Waals surface area contributed by atoms with E-state index in [0.717, 1.165) is 19.4 Å². The number of carbonyl (C=O) groups excluding carboxylic acids is 1. The van der Waals surface area contributed by atoms with Crippen molar-refractivity contribution in [2.75, 3.05) is 0 Å². The van der Waals surface area contributed by atoms with Crippen LogP contribution in [0.3, 0.4) is 0 Å². The Bertz CT molecular complexity index is 440. The number of hydrogen-bond donors (Lipinski definition) is 0. The van der Waals surface area contributed by atoms with E-state index in [9.17, 15) is 9.90 Å². The molecule has 0 aliphatic rings. The van der Waals surface area contributed by atoms with Gasteiger partial charge in [0.15, 0.2) is 0 Å². The minimum atomic E-state index is -0.970. The first kappa shape index (κ1) is 18.7. The molecule has 4 nitrogen and oxygen atoms in total. The first-order valence-electron chi connectivity index (χ1n) is 8.88. The summed E-state index contributed by atoms with van der Waals surface area (Å²) in [6, 6.07) is 0. The molecule has 22 heavy (non-hydrogen) atoms. The number of imidazole rings is 1. The number of hydrogen-bond acceptors (Lipinski definition) is 2. The average molecular weight is 308 g/mol. The highest BCUT2D eigenvalue weighted by molar-refractivity contribution is 5.66. The monoisotopic (exact) mass is 308 g/mol. The van der Waals surface area contributed by atoms with E-state index in [4.69, 9.17) is 0 Å². The lowest BCUT2D eigenvalue weighted by atomic mass is 10.1. The second-order valence-electron chi connectivity index (χ2n) is 6.30. The molecule has 0 radical (unpaired) electrons. The van der Waals surface area contributed by atoms with E-state index in [0.29, 0.717) is 6.54 Å². The SMILES string of the molecule is CCCCCCCc1n(CCCC)cc[n+]1CC(C)C(=O)[O-]. The van der Waals surface area contributed by atoms with Gasteiger partial charge >= 0.3 is 0 Å². The Morgan fingerprint density at radius 3 is 2.50 bits per heavy atom. The number of aliphatic carboxylic acids is 1. The Balaban J connectivity index is 2.69. The molecule has 0 aliphatic carbocycles. The number of aromatic nitrogens is 2. The van der Waals surface area contributed by atoms with Crippen molar-refractivity contribution in [1.82, 2.24) is 4.57 Å². The minimum absolute atomic E-state index is 0.453. The number of carboxylic acids is 1. The first-order valence-corrected chi connectivity index (χ1v) is 8.88. The molecule has 1 heterocycles. The molecule has 1 aromatic heterocycles. The molecule has 0 aromatic carbocycles. The van der Waals surface area contributed by atoms with Crippen molar-refractivity contribution in [3.05, 3.63) is 18.2 Å². The van der Waals surface area contributed by atoms with Gasteiger partial charge in [0.25, 0.3) is 5.82 Å².